The van der Waals surface area contributed by atoms with Crippen LogP contribution in [0.2, 0.25) is 0 Å². The molecule has 0 saturated carbocycles. The fourth-order valence-corrected chi connectivity index (χ4v) is 2.38. The number of carbonyl (C=O) groups is 2. The number of ether oxygens (including phenoxy) is 2. The Balaban J connectivity index is 2.42. The molecule has 1 saturated heterocycles. The minimum atomic E-state index is -0.514. The molecule has 1 aromatic rings. The standard InChI is InChI=1S/C16H15N3O4S/c1-18-15(21)12(19(16(18)24)10-14(20)22-2)9-11-5-3-4-6-13(11)23-8-7-17/h3-6,9H,8,10H2,1-2H3/b12-9+. The van der Waals surface area contributed by atoms with Crippen molar-refractivity contribution in [2.45, 2.75) is 0 Å². The second-order valence-electron chi connectivity index (χ2n) is 4.82. The summed E-state index contributed by atoms with van der Waals surface area (Å²) in [5, 5.41) is 8.87. The summed E-state index contributed by atoms with van der Waals surface area (Å²) in [6, 6.07) is 8.86. The minimum absolute atomic E-state index is 0.113. The van der Waals surface area contributed by atoms with Crippen LogP contribution in [0.3, 0.4) is 0 Å². The lowest BCUT2D eigenvalue weighted by Gasteiger charge is -2.17. The Morgan fingerprint density at radius 1 is 1.42 bits per heavy atom. The molecule has 0 radical (unpaired) electrons. The molecule has 1 aliphatic rings. The third-order valence-corrected chi connectivity index (χ3v) is 3.84. The first-order valence-corrected chi connectivity index (χ1v) is 7.37. The summed E-state index contributed by atoms with van der Waals surface area (Å²) in [6.07, 6.45) is 1.58. The average Bonchev–Trinajstić information content (AvgIpc) is 2.79. The van der Waals surface area contributed by atoms with Crippen molar-refractivity contribution in [2.24, 2.45) is 0 Å². The van der Waals surface area contributed by atoms with E-state index in [4.69, 9.17) is 22.2 Å². The second-order valence-corrected chi connectivity index (χ2v) is 5.19. The van der Waals surface area contributed by atoms with E-state index in [0.717, 1.165) is 0 Å². The molecule has 0 bridgehead atoms. The normalized spacial score (nSPS) is 15.6. The fraction of sp³-hybridized carbons (Fsp3) is 0.250. The van der Waals surface area contributed by atoms with Crippen LogP contribution < -0.4 is 4.74 Å². The summed E-state index contributed by atoms with van der Waals surface area (Å²) in [5.74, 6) is -0.391. The SMILES string of the molecule is COC(=O)CN1C(=S)N(C)C(=O)/C1=C\c1ccccc1OCC#N. The van der Waals surface area contributed by atoms with Gasteiger partial charge in [-0.25, -0.2) is 0 Å². The lowest BCUT2D eigenvalue weighted by atomic mass is 10.1. The van der Waals surface area contributed by atoms with E-state index in [0.29, 0.717) is 11.3 Å². The molecular formula is C16H15N3O4S. The number of benzene rings is 1. The van der Waals surface area contributed by atoms with Gasteiger partial charge in [0.15, 0.2) is 11.7 Å². The number of thiocarbonyl (C=S) groups is 1. The number of rotatable bonds is 5. The predicted molar refractivity (Wildman–Crippen MR) is 89.6 cm³/mol. The highest BCUT2D eigenvalue weighted by Crippen LogP contribution is 2.26. The molecule has 0 unspecified atom stereocenters. The first-order chi connectivity index (χ1) is 11.5. The van der Waals surface area contributed by atoms with Gasteiger partial charge in [-0.3, -0.25) is 14.5 Å². The van der Waals surface area contributed by atoms with Crippen molar-refractivity contribution < 1.29 is 19.1 Å². The molecule has 1 heterocycles. The largest absolute Gasteiger partial charge is 0.478 e. The summed E-state index contributed by atoms with van der Waals surface area (Å²) >= 11 is 5.21. The molecule has 1 aromatic carbocycles. The average molecular weight is 345 g/mol. The van der Waals surface area contributed by atoms with E-state index in [1.54, 1.807) is 30.3 Å². The molecule has 0 atom stereocenters. The summed E-state index contributed by atoms with van der Waals surface area (Å²) in [6.45, 7) is -0.281. The van der Waals surface area contributed by atoms with Crippen molar-refractivity contribution in [2.75, 3.05) is 27.3 Å². The van der Waals surface area contributed by atoms with Crippen molar-refractivity contribution in [3.05, 3.63) is 35.5 Å². The Kier molecular flexibility index (Phi) is 5.50. The van der Waals surface area contributed by atoms with Crippen LogP contribution >= 0.6 is 12.2 Å². The van der Waals surface area contributed by atoms with E-state index in [2.05, 4.69) is 4.74 Å². The van der Waals surface area contributed by atoms with Gasteiger partial charge in [-0.15, -0.1) is 0 Å². The molecule has 124 valence electrons. The van der Waals surface area contributed by atoms with Crippen molar-refractivity contribution in [1.29, 1.82) is 5.26 Å². The quantitative estimate of drug-likeness (QED) is 0.450. The van der Waals surface area contributed by atoms with Gasteiger partial charge in [-0.2, -0.15) is 5.26 Å². The van der Waals surface area contributed by atoms with Crippen molar-refractivity contribution in [3.63, 3.8) is 0 Å². The number of amides is 1. The van der Waals surface area contributed by atoms with Gasteiger partial charge in [0, 0.05) is 12.6 Å². The van der Waals surface area contributed by atoms with Crippen LogP contribution in [0.4, 0.5) is 0 Å². The molecular weight excluding hydrogens is 330 g/mol. The number of likely N-dealkylation sites (N-methyl/N-ethyl adjacent to an activating group) is 1. The molecule has 0 spiro atoms. The minimum Gasteiger partial charge on any atom is -0.478 e. The fourth-order valence-electron chi connectivity index (χ4n) is 2.13. The maximum Gasteiger partial charge on any atom is 0.325 e. The molecule has 0 aromatic heterocycles. The summed E-state index contributed by atoms with van der Waals surface area (Å²) in [5.41, 5.74) is 0.838. The van der Waals surface area contributed by atoms with E-state index in [9.17, 15) is 9.59 Å². The maximum absolute atomic E-state index is 12.4. The Bertz CT molecular complexity index is 754. The van der Waals surface area contributed by atoms with Crippen LogP contribution in [0.1, 0.15) is 5.56 Å². The Morgan fingerprint density at radius 3 is 2.79 bits per heavy atom. The monoisotopic (exact) mass is 345 g/mol. The van der Waals surface area contributed by atoms with Gasteiger partial charge < -0.3 is 14.4 Å². The first kappa shape index (κ1) is 17.4. The van der Waals surface area contributed by atoms with E-state index < -0.39 is 5.97 Å². The summed E-state index contributed by atoms with van der Waals surface area (Å²) in [7, 11) is 2.80. The van der Waals surface area contributed by atoms with Gasteiger partial charge in [0.1, 0.15) is 24.1 Å². The molecule has 24 heavy (non-hydrogen) atoms. The Labute approximate surface area is 144 Å². The summed E-state index contributed by atoms with van der Waals surface area (Å²) < 4.78 is 10.00. The molecule has 1 amide bonds. The molecule has 1 fully saturated rings. The lowest BCUT2D eigenvalue weighted by Crippen LogP contribution is -2.33. The number of nitriles is 1. The zero-order valence-electron chi connectivity index (χ0n) is 13.2. The first-order valence-electron chi connectivity index (χ1n) is 6.96. The highest BCUT2D eigenvalue weighted by molar-refractivity contribution is 7.80. The number of methoxy groups -OCH3 is 1. The molecule has 0 aliphatic carbocycles. The van der Waals surface area contributed by atoms with Crippen LogP contribution in [0, 0.1) is 11.3 Å². The van der Waals surface area contributed by atoms with Crippen LogP contribution in [0.5, 0.6) is 5.75 Å². The van der Waals surface area contributed by atoms with Crippen molar-refractivity contribution in [3.8, 4) is 11.8 Å². The van der Waals surface area contributed by atoms with Crippen molar-refractivity contribution in [1.82, 2.24) is 9.80 Å². The molecule has 7 nitrogen and oxygen atoms in total. The van der Waals surface area contributed by atoms with Crippen molar-refractivity contribution >= 4 is 35.3 Å². The third kappa shape index (κ3) is 3.52. The topological polar surface area (TPSA) is 82.9 Å². The van der Waals surface area contributed by atoms with Gasteiger partial charge in [-0.1, -0.05) is 18.2 Å². The molecule has 1 aliphatic heterocycles. The van der Waals surface area contributed by atoms with E-state index >= 15 is 0 Å². The molecule has 0 N–H and O–H groups in total. The number of hydrogen-bond donors (Lipinski definition) is 0. The van der Waals surface area contributed by atoms with E-state index in [1.165, 1.54) is 24.0 Å². The highest BCUT2D eigenvalue weighted by Gasteiger charge is 2.36. The highest BCUT2D eigenvalue weighted by atomic mass is 32.1. The number of hydrogen-bond acceptors (Lipinski definition) is 6. The van der Waals surface area contributed by atoms with Gasteiger partial charge in [0.05, 0.1) is 7.11 Å². The number of para-hydroxylation sites is 1. The zero-order valence-corrected chi connectivity index (χ0v) is 14.0. The smallest absolute Gasteiger partial charge is 0.325 e. The van der Waals surface area contributed by atoms with Gasteiger partial charge in [-0.05, 0) is 24.4 Å². The molecule has 8 heteroatoms. The third-order valence-electron chi connectivity index (χ3n) is 3.35. The maximum atomic E-state index is 12.4. The predicted octanol–water partition coefficient (Wildman–Crippen LogP) is 1.16. The van der Waals surface area contributed by atoms with Gasteiger partial charge in [0.25, 0.3) is 5.91 Å². The van der Waals surface area contributed by atoms with Crippen LogP contribution in [0.25, 0.3) is 6.08 Å². The lowest BCUT2D eigenvalue weighted by molar-refractivity contribution is -0.140. The van der Waals surface area contributed by atoms with Crippen LogP contribution in [-0.4, -0.2) is 54.1 Å². The summed E-state index contributed by atoms with van der Waals surface area (Å²) in [4.78, 5) is 26.7. The number of nitrogens with zero attached hydrogens (tertiary/aromatic N) is 3. The molecule has 2 rings (SSSR count). The second kappa shape index (κ2) is 7.57. The van der Waals surface area contributed by atoms with Gasteiger partial charge in [0.2, 0.25) is 0 Å². The van der Waals surface area contributed by atoms with E-state index in [1.807, 2.05) is 6.07 Å². The Morgan fingerprint density at radius 2 is 2.12 bits per heavy atom. The Hall–Kier alpha value is -2.92. The zero-order chi connectivity index (χ0) is 17.7. The van der Waals surface area contributed by atoms with Crippen LogP contribution in [-0.2, 0) is 14.3 Å². The number of carbonyl (C=O) groups excluding carboxylic acids is 2. The van der Waals surface area contributed by atoms with Crippen LogP contribution in [0.15, 0.2) is 30.0 Å². The van der Waals surface area contributed by atoms with Gasteiger partial charge >= 0.3 is 5.97 Å². The number of esters is 1. The van der Waals surface area contributed by atoms with E-state index in [-0.39, 0.29) is 29.9 Å².